The summed E-state index contributed by atoms with van der Waals surface area (Å²) >= 11 is 12.7. The number of nitrogens with zero attached hydrogens (tertiary/aromatic N) is 2. The van der Waals surface area contributed by atoms with E-state index in [4.69, 9.17) is 23.2 Å². The molecule has 1 aromatic carbocycles. The van der Waals surface area contributed by atoms with Crippen molar-refractivity contribution >= 4 is 50.8 Å². The number of rotatable bonds is 7. The molecule has 8 heteroatoms. The smallest absolute Gasteiger partial charge is 0.252 e. The predicted molar refractivity (Wildman–Crippen MR) is 97.7 cm³/mol. The van der Waals surface area contributed by atoms with Crippen LogP contribution in [-0.4, -0.2) is 24.1 Å². The predicted octanol–water partition coefficient (Wildman–Crippen LogP) is 4.29. The van der Waals surface area contributed by atoms with Gasteiger partial charge in [0.05, 0.1) is 5.03 Å². The van der Waals surface area contributed by atoms with Crippen LogP contribution in [-0.2, 0) is 15.8 Å². The van der Waals surface area contributed by atoms with Gasteiger partial charge in [-0.3, -0.25) is 4.31 Å². The van der Waals surface area contributed by atoms with E-state index in [-0.39, 0.29) is 6.54 Å². The van der Waals surface area contributed by atoms with Crippen LogP contribution in [0.4, 0.5) is 5.82 Å². The van der Waals surface area contributed by atoms with Crippen LogP contribution in [0, 0.1) is 0 Å². The third kappa shape index (κ3) is 4.76. The highest BCUT2D eigenvalue weighted by Crippen LogP contribution is 2.26. The zero-order valence-corrected chi connectivity index (χ0v) is 15.5. The van der Waals surface area contributed by atoms with E-state index in [9.17, 15) is 8.42 Å². The van der Waals surface area contributed by atoms with Crippen LogP contribution in [0.3, 0.4) is 0 Å². The van der Waals surface area contributed by atoms with Gasteiger partial charge in [0.1, 0.15) is 5.82 Å². The second-order valence-electron chi connectivity index (χ2n) is 4.58. The molecule has 0 radical (unpaired) electrons. The molecule has 4 nitrogen and oxygen atoms in total. The van der Waals surface area contributed by atoms with E-state index in [1.165, 1.54) is 17.3 Å². The third-order valence-electron chi connectivity index (χ3n) is 3.01. The van der Waals surface area contributed by atoms with Crippen molar-refractivity contribution in [1.82, 2.24) is 4.98 Å². The maximum absolute atomic E-state index is 12.2. The number of thioether (sulfide) groups is 1. The number of hydrogen-bond donors (Lipinski definition) is 0. The molecule has 0 aliphatic rings. The van der Waals surface area contributed by atoms with Crippen LogP contribution >= 0.6 is 35.0 Å². The van der Waals surface area contributed by atoms with E-state index in [1.54, 1.807) is 19.1 Å². The van der Waals surface area contributed by atoms with Gasteiger partial charge >= 0.3 is 0 Å². The summed E-state index contributed by atoms with van der Waals surface area (Å²) in [7, 11) is -3.83. The molecule has 0 N–H and O–H groups in total. The second-order valence-corrected chi connectivity index (χ2v) is 9.13. The summed E-state index contributed by atoms with van der Waals surface area (Å²) in [5.74, 6) is 1.07. The van der Waals surface area contributed by atoms with Gasteiger partial charge in [-0.05, 0) is 24.6 Å². The number of hydrogen-bond acceptors (Lipinski definition) is 4. The van der Waals surface area contributed by atoms with Crippen molar-refractivity contribution in [2.45, 2.75) is 21.9 Å². The first-order valence-corrected chi connectivity index (χ1v) is 10.2. The lowest BCUT2D eigenvalue weighted by molar-refractivity contribution is 0.593. The Bertz CT molecular complexity index is 740. The molecule has 0 amide bonds. The molecule has 1 heterocycles. The first-order chi connectivity index (χ1) is 10.9. The van der Waals surface area contributed by atoms with E-state index >= 15 is 0 Å². The molecule has 0 saturated heterocycles. The summed E-state index contributed by atoms with van der Waals surface area (Å²) in [6.45, 7) is 1.91. The van der Waals surface area contributed by atoms with Gasteiger partial charge in [-0.25, -0.2) is 13.4 Å². The van der Waals surface area contributed by atoms with Crippen LogP contribution in [0.25, 0.3) is 0 Å². The fourth-order valence-electron chi connectivity index (χ4n) is 1.92. The third-order valence-corrected chi connectivity index (χ3v) is 6.88. The van der Waals surface area contributed by atoms with E-state index in [0.29, 0.717) is 5.82 Å². The van der Waals surface area contributed by atoms with Gasteiger partial charge in [0.25, 0.3) is 10.0 Å². The number of sulfonamides is 1. The topological polar surface area (TPSA) is 50.3 Å². The monoisotopic (exact) mass is 390 g/mol. The molecule has 0 aliphatic carbocycles. The Hall–Kier alpha value is -0.950. The molecular formula is C15H16Cl2N2O2S2. The van der Waals surface area contributed by atoms with Gasteiger partial charge in [-0.15, -0.1) is 11.8 Å². The number of benzene rings is 1. The summed E-state index contributed by atoms with van der Waals surface area (Å²) in [5, 5.41) is 0.737. The zero-order valence-electron chi connectivity index (χ0n) is 12.4. The lowest BCUT2D eigenvalue weighted by atomic mass is 10.2. The number of halogens is 2. The lowest BCUT2D eigenvalue weighted by Gasteiger charge is -2.22. The molecule has 23 heavy (non-hydrogen) atoms. The molecule has 0 aliphatic heterocycles. The Kier molecular flexibility index (Phi) is 6.59. The van der Waals surface area contributed by atoms with Crippen LogP contribution in [0.2, 0.25) is 0 Å². The van der Waals surface area contributed by atoms with E-state index in [2.05, 4.69) is 4.98 Å². The van der Waals surface area contributed by atoms with Crippen LogP contribution in [0.15, 0.2) is 53.6 Å². The van der Waals surface area contributed by atoms with Crippen molar-refractivity contribution in [1.29, 1.82) is 0 Å². The van der Waals surface area contributed by atoms with Crippen molar-refractivity contribution < 1.29 is 8.42 Å². The summed E-state index contributed by atoms with van der Waals surface area (Å²) in [4.78, 5) is 4.40. The highest BCUT2D eigenvalue weighted by Gasteiger charge is 2.29. The minimum absolute atomic E-state index is 0.206. The Morgan fingerprint density at radius 2 is 1.83 bits per heavy atom. The number of aromatic nitrogens is 1. The normalized spacial score (nSPS) is 11.7. The van der Waals surface area contributed by atoms with Crippen LogP contribution < -0.4 is 4.31 Å². The van der Waals surface area contributed by atoms with E-state index in [1.807, 2.05) is 36.4 Å². The SMILES string of the molecule is CCN(c1cccc(SCc2ccccc2)n1)S(=O)(=O)C(Cl)Cl. The van der Waals surface area contributed by atoms with Crippen molar-refractivity contribution in [3.05, 3.63) is 54.1 Å². The quantitative estimate of drug-likeness (QED) is 0.522. The standard InChI is InChI=1S/C15H16Cl2N2O2S2/c1-2-19(23(20,21)15(16)17)13-9-6-10-14(18-13)22-11-12-7-4-3-5-8-12/h3-10,15H,2,11H2,1H3. The van der Waals surface area contributed by atoms with Crippen molar-refractivity contribution in [2.75, 3.05) is 10.8 Å². The largest absolute Gasteiger partial charge is 0.267 e. The molecule has 2 aromatic rings. The molecule has 2 rings (SSSR count). The second kappa shape index (κ2) is 8.24. The first kappa shape index (κ1) is 18.4. The summed E-state index contributed by atoms with van der Waals surface area (Å²) in [6, 6.07) is 15.2. The van der Waals surface area contributed by atoms with Gasteiger partial charge < -0.3 is 0 Å². The zero-order chi connectivity index (χ0) is 16.9. The number of pyridine rings is 1. The van der Waals surface area contributed by atoms with Crippen LogP contribution in [0.5, 0.6) is 0 Å². The maximum atomic E-state index is 12.2. The summed E-state index contributed by atoms with van der Waals surface area (Å²) in [5.41, 5.74) is 1.17. The Morgan fingerprint density at radius 3 is 2.43 bits per heavy atom. The maximum Gasteiger partial charge on any atom is 0.267 e. The molecule has 1 aromatic heterocycles. The summed E-state index contributed by atoms with van der Waals surface area (Å²) < 4.78 is 23.9. The minimum atomic E-state index is -3.83. The average molecular weight is 391 g/mol. The molecule has 0 bridgehead atoms. The number of anilines is 1. The molecular weight excluding hydrogens is 375 g/mol. The fraction of sp³-hybridized carbons (Fsp3) is 0.267. The Labute approximate surface area is 150 Å². The minimum Gasteiger partial charge on any atom is -0.252 e. The van der Waals surface area contributed by atoms with Crippen LogP contribution in [0.1, 0.15) is 12.5 Å². The van der Waals surface area contributed by atoms with Gasteiger partial charge in [0, 0.05) is 12.3 Å². The van der Waals surface area contributed by atoms with Crippen molar-refractivity contribution in [3.8, 4) is 0 Å². The van der Waals surface area contributed by atoms with Crippen molar-refractivity contribution in [2.24, 2.45) is 0 Å². The Morgan fingerprint density at radius 1 is 1.13 bits per heavy atom. The molecule has 0 saturated carbocycles. The molecule has 0 unspecified atom stereocenters. The lowest BCUT2D eigenvalue weighted by Crippen LogP contribution is -2.35. The molecule has 124 valence electrons. The first-order valence-electron chi connectivity index (χ1n) is 6.88. The molecule has 0 fully saturated rings. The average Bonchev–Trinajstić information content (AvgIpc) is 2.54. The van der Waals surface area contributed by atoms with E-state index in [0.717, 1.165) is 15.1 Å². The van der Waals surface area contributed by atoms with Gasteiger partial charge in [-0.2, -0.15) is 0 Å². The van der Waals surface area contributed by atoms with E-state index < -0.39 is 14.2 Å². The van der Waals surface area contributed by atoms with Gasteiger partial charge in [0.15, 0.2) is 0 Å². The van der Waals surface area contributed by atoms with Crippen molar-refractivity contribution in [3.63, 3.8) is 0 Å². The molecule has 0 spiro atoms. The summed E-state index contributed by atoms with van der Waals surface area (Å²) in [6.07, 6.45) is 0. The van der Waals surface area contributed by atoms with Gasteiger partial charge in [-0.1, -0.05) is 59.6 Å². The highest BCUT2D eigenvalue weighted by molar-refractivity contribution is 7.98. The highest BCUT2D eigenvalue weighted by atomic mass is 35.5. The Balaban J connectivity index is 2.18. The molecule has 0 atom stereocenters. The fourth-order valence-corrected chi connectivity index (χ4v) is 4.25. The van der Waals surface area contributed by atoms with Gasteiger partial charge in [0.2, 0.25) is 4.17 Å². The number of alkyl halides is 2.